The Morgan fingerprint density at radius 2 is 2.29 bits per heavy atom. The summed E-state index contributed by atoms with van der Waals surface area (Å²) >= 11 is 0. The van der Waals surface area contributed by atoms with Gasteiger partial charge in [-0.1, -0.05) is 6.92 Å². The van der Waals surface area contributed by atoms with Crippen LogP contribution in [0.4, 0.5) is 5.82 Å². The summed E-state index contributed by atoms with van der Waals surface area (Å²) in [4.78, 5) is 6.41. The Bertz CT molecular complexity index is 330. The van der Waals surface area contributed by atoms with Gasteiger partial charge < -0.3 is 10.5 Å². The van der Waals surface area contributed by atoms with Crippen LogP contribution in [0.5, 0.6) is 0 Å². The summed E-state index contributed by atoms with van der Waals surface area (Å²) in [6, 6.07) is 4.49. The second-order valence-corrected chi connectivity index (χ2v) is 4.31. The van der Waals surface area contributed by atoms with E-state index in [1.54, 1.807) is 13.3 Å². The zero-order valence-electron chi connectivity index (χ0n) is 11.0. The van der Waals surface area contributed by atoms with E-state index in [0.29, 0.717) is 11.9 Å². The summed E-state index contributed by atoms with van der Waals surface area (Å²) < 4.78 is 5.15. The summed E-state index contributed by atoms with van der Waals surface area (Å²) in [5.74, 6) is 0.582. The van der Waals surface area contributed by atoms with Crippen LogP contribution in [0.2, 0.25) is 0 Å². The first-order valence-electron chi connectivity index (χ1n) is 6.10. The quantitative estimate of drug-likeness (QED) is 0.787. The van der Waals surface area contributed by atoms with Crippen molar-refractivity contribution in [3.8, 4) is 0 Å². The SMILES string of the molecule is CCC(C)N(CCOC)Cc1ccnc(N)c1. The minimum absolute atomic E-state index is 0.541. The van der Waals surface area contributed by atoms with Crippen molar-refractivity contribution < 1.29 is 4.74 Å². The molecule has 1 aromatic rings. The molecule has 0 aliphatic carbocycles. The van der Waals surface area contributed by atoms with Crippen molar-refractivity contribution in [3.63, 3.8) is 0 Å². The highest BCUT2D eigenvalue weighted by atomic mass is 16.5. The molecule has 0 saturated carbocycles. The maximum absolute atomic E-state index is 5.69. The summed E-state index contributed by atoms with van der Waals surface area (Å²) in [7, 11) is 1.74. The van der Waals surface area contributed by atoms with E-state index < -0.39 is 0 Å². The topological polar surface area (TPSA) is 51.4 Å². The number of hydrogen-bond acceptors (Lipinski definition) is 4. The molecule has 0 saturated heterocycles. The third kappa shape index (κ3) is 4.71. The number of aromatic nitrogens is 1. The standard InChI is InChI=1S/C13H23N3O/c1-4-11(2)16(7-8-17-3)10-12-5-6-15-13(14)9-12/h5-6,9,11H,4,7-8,10H2,1-3H3,(H2,14,15). The van der Waals surface area contributed by atoms with Crippen molar-refractivity contribution in [1.29, 1.82) is 0 Å². The van der Waals surface area contributed by atoms with E-state index in [9.17, 15) is 0 Å². The average Bonchev–Trinajstić information content (AvgIpc) is 2.33. The van der Waals surface area contributed by atoms with E-state index in [1.165, 1.54) is 5.56 Å². The van der Waals surface area contributed by atoms with E-state index in [4.69, 9.17) is 10.5 Å². The second-order valence-electron chi connectivity index (χ2n) is 4.31. The monoisotopic (exact) mass is 237 g/mol. The second kappa shape index (κ2) is 7.25. The molecule has 0 spiro atoms. The molecule has 2 N–H and O–H groups in total. The largest absolute Gasteiger partial charge is 0.384 e. The van der Waals surface area contributed by atoms with Crippen molar-refractivity contribution in [3.05, 3.63) is 23.9 Å². The first-order chi connectivity index (χ1) is 8.17. The fourth-order valence-corrected chi connectivity index (χ4v) is 1.75. The number of methoxy groups -OCH3 is 1. The van der Waals surface area contributed by atoms with Crippen LogP contribution in [0.15, 0.2) is 18.3 Å². The Morgan fingerprint density at radius 3 is 2.88 bits per heavy atom. The van der Waals surface area contributed by atoms with Gasteiger partial charge in [0.1, 0.15) is 5.82 Å². The number of nitrogen functional groups attached to an aromatic ring is 1. The van der Waals surface area contributed by atoms with Gasteiger partial charge in [-0.2, -0.15) is 0 Å². The number of hydrogen-bond donors (Lipinski definition) is 1. The number of anilines is 1. The average molecular weight is 237 g/mol. The van der Waals surface area contributed by atoms with Crippen molar-refractivity contribution in [1.82, 2.24) is 9.88 Å². The number of rotatable bonds is 7. The molecule has 4 nitrogen and oxygen atoms in total. The first-order valence-corrected chi connectivity index (χ1v) is 6.10. The molecule has 1 unspecified atom stereocenters. The number of nitrogens with two attached hydrogens (primary N) is 1. The van der Waals surface area contributed by atoms with Gasteiger partial charge in [0.25, 0.3) is 0 Å². The molecule has 0 radical (unpaired) electrons. The molecule has 1 aromatic heterocycles. The van der Waals surface area contributed by atoms with Crippen LogP contribution in [-0.2, 0) is 11.3 Å². The lowest BCUT2D eigenvalue weighted by molar-refractivity contribution is 0.118. The van der Waals surface area contributed by atoms with Crippen molar-refractivity contribution in [2.75, 3.05) is 26.0 Å². The highest BCUT2D eigenvalue weighted by molar-refractivity contribution is 5.31. The van der Waals surface area contributed by atoms with E-state index in [-0.39, 0.29) is 0 Å². The van der Waals surface area contributed by atoms with Gasteiger partial charge in [-0.3, -0.25) is 4.90 Å². The molecule has 1 rings (SSSR count). The van der Waals surface area contributed by atoms with Gasteiger partial charge in [0.05, 0.1) is 6.61 Å². The summed E-state index contributed by atoms with van der Waals surface area (Å²) in [5.41, 5.74) is 6.89. The molecule has 0 bridgehead atoms. The van der Waals surface area contributed by atoms with E-state index in [1.807, 2.05) is 12.1 Å². The molecular weight excluding hydrogens is 214 g/mol. The van der Waals surface area contributed by atoms with Crippen LogP contribution in [0.1, 0.15) is 25.8 Å². The van der Waals surface area contributed by atoms with Gasteiger partial charge in [0.15, 0.2) is 0 Å². The lowest BCUT2D eigenvalue weighted by Gasteiger charge is -2.28. The summed E-state index contributed by atoms with van der Waals surface area (Å²) in [6.45, 7) is 7.02. The fraction of sp³-hybridized carbons (Fsp3) is 0.615. The highest BCUT2D eigenvalue weighted by Crippen LogP contribution is 2.11. The molecule has 0 aliphatic rings. The van der Waals surface area contributed by atoms with Crippen LogP contribution < -0.4 is 5.73 Å². The molecule has 1 atom stereocenters. The smallest absolute Gasteiger partial charge is 0.123 e. The lowest BCUT2D eigenvalue weighted by Crippen LogP contribution is -2.34. The third-order valence-electron chi connectivity index (χ3n) is 3.03. The van der Waals surface area contributed by atoms with E-state index in [0.717, 1.165) is 26.1 Å². The van der Waals surface area contributed by atoms with Gasteiger partial charge in [-0.15, -0.1) is 0 Å². The zero-order chi connectivity index (χ0) is 12.7. The van der Waals surface area contributed by atoms with Crippen molar-refractivity contribution >= 4 is 5.82 Å². The molecule has 0 amide bonds. The van der Waals surface area contributed by atoms with Crippen LogP contribution in [0.25, 0.3) is 0 Å². The predicted molar refractivity (Wildman–Crippen MR) is 70.7 cm³/mol. The van der Waals surface area contributed by atoms with E-state index in [2.05, 4.69) is 23.7 Å². The molecular formula is C13H23N3O. The predicted octanol–water partition coefficient (Wildman–Crippen LogP) is 1.91. The number of ether oxygens (including phenoxy) is 1. The van der Waals surface area contributed by atoms with Crippen LogP contribution >= 0.6 is 0 Å². The van der Waals surface area contributed by atoms with Gasteiger partial charge >= 0.3 is 0 Å². The normalized spacial score (nSPS) is 12.9. The molecule has 0 aliphatic heterocycles. The first kappa shape index (κ1) is 13.9. The summed E-state index contributed by atoms with van der Waals surface area (Å²) in [5, 5.41) is 0. The van der Waals surface area contributed by atoms with Gasteiger partial charge in [0, 0.05) is 32.4 Å². The maximum Gasteiger partial charge on any atom is 0.123 e. The highest BCUT2D eigenvalue weighted by Gasteiger charge is 2.12. The molecule has 0 aromatic carbocycles. The number of nitrogens with zero attached hydrogens (tertiary/aromatic N) is 2. The van der Waals surface area contributed by atoms with Gasteiger partial charge in [-0.05, 0) is 31.0 Å². The number of pyridine rings is 1. The Labute approximate surface area is 104 Å². The van der Waals surface area contributed by atoms with Crippen molar-refractivity contribution in [2.45, 2.75) is 32.9 Å². The molecule has 4 heteroatoms. The van der Waals surface area contributed by atoms with E-state index >= 15 is 0 Å². The minimum atomic E-state index is 0.541. The Hall–Kier alpha value is -1.13. The maximum atomic E-state index is 5.69. The Morgan fingerprint density at radius 1 is 1.53 bits per heavy atom. The summed E-state index contributed by atoms with van der Waals surface area (Å²) in [6.07, 6.45) is 2.89. The fourth-order valence-electron chi connectivity index (χ4n) is 1.75. The third-order valence-corrected chi connectivity index (χ3v) is 3.03. The van der Waals surface area contributed by atoms with Crippen LogP contribution in [0, 0.1) is 0 Å². The Balaban J connectivity index is 2.64. The van der Waals surface area contributed by atoms with Crippen LogP contribution in [-0.4, -0.2) is 36.2 Å². The molecule has 96 valence electrons. The molecule has 1 heterocycles. The van der Waals surface area contributed by atoms with Crippen LogP contribution in [0.3, 0.4) is 0 Å². The molecule has 17 heavy (non-hydrogen) atoms. The Kier molecular flexibility index (Phi) is 5.94. The van der Waals surface area contributed by atoms with Gasteiger partial charge in [0.2, 0.25) is 0 Å². The minimum Gasteiger partial charge on any atom is -0.384 e. The lowest BCUT2D eigenvalue weighted by atomic mass is 10.1. The molecule has 0 fully saturated rings. The zero-order valence-corrected chi connectivity index (χ0v) is 11.0. The van der Waals surface area contributed by atoms with Crippen molar-refractivity contribution in [2.24, 2.45) is 0 Å². The van der Waals surface area contributed by atoms with Gasteiger partial charge in [-0.25, -0.2) is 4.98 Å².